The molecule has 0 spiro atoms. The maximum Gasteiger partial charge on any atom is 0.201 e. The first-order valence-corrected chi connectivity index (χ1v) is 6.99. The zero-order valence-corrected chi connectivity index (χ0v) is 11.3. The molecule has 0 radical (unpaired) electrons. The lowest BCUT2D eigenvalue weighted by atomic mass is 10.1. The number of H-pyrrole nitrogens is 1. The number of aromatic nitrogens is 3. The third-order valence-corrected chi connectivity index (χ3v) is 4.47. The first kappa shape index (κ1) is 11.3. The molecule has 1 unspecified atom stereocenters. The second-order valence-electron chi connectivity index (χ2n) is 3.64. The van der Waals surface area contributed by atoms with Gasteiger partial charge in [0.15, 0.2) is 5.82 Å². The summed E-state index contributed by atoms with van der Waals surface area (Å²) in [4.78, 5) is 3.69. The van der Waals surface area contributed by atoms with E-state index < -0.39 is 4.93 Å². The van der Waals surface area contributed by atoms with Gasteiger partial charge in [-0.25, -0.2) is 4.98 Å². The number of nitrogens with zero attached hydrogens (tertiary/aromatic N) is 2. The van der Waals surface area contributed by atoms with Crippen molar-refractivity contribution in [3.63, 3.8) is 0 Å². The maximum absolute atomic E-state index is 5.91. The van der Waals surface area contributed by atoms with Gasteiger partial charge < -0.3 is 4.74 Å². The van der Waals surface area contributed by atoms with Gasteiger partial charge in [-0.05, 0) is 12.1 Å². The van der Waals surface area contributed by atoms with Gasteiger partial charge >= 0.3 is 0 Å². The molecule has 1 fully saturated rings. The fourth-order valence-electron chi connectivity index (χ4n) is 1.87. The average Bonchev–Trinajstić information content (AvgIpc) is 3.01. The molecule has 6 heteroatoms. The van der Waals surface area contributed by atoms with E-state index in [1.54, 1.807) is 18.1 Å². The Morgan fingerprint density at radius 2 is 2.18 bits per heavy atom. The van der Waals surface area contributed by atoms with Crippen LogP contribution in [0.1, 0.15) is 11.4 Å². The Labute approximate surface area is 111 Å². The lowest BCUT2D eigenvalue weighted by Crippen LogP contribution is -2.24. The van der Waals surface area contributed by atoms with E-state index in [2.05, 4.69) is 31.1 Å². The molecule has 1 saturated heterocycles. The first-order chi connectivity index (χ1) is 8.31. The summed E-state index contributed by atoms with van der Waals surface area (Å²) in [6.07, 6.45) is 1.58. The van der Waals surface area contributed by atoms with E-state index in [0.29, 0.717) is 5.82 Å². The smallest absolute Gasteiger partial charge is 0.201 e. The van der Waals surface area contributed by atoms with Crippen LogP contribution in [0, 0.1) is 0 Å². The van der Waals surface area contributed by atoms with Crippen LogP contribution in [-0.4, -0.2) is 27.5 Å². The van der Waals surface area contributed by atoms with Crippen molar-refractivity contribution in [2.24, 2.45) is 0 Å². The molecule has 4 nitrogen and oxygen atoms in total. The number of aromatic amines is 1. The number of thioether (sulfide) groups is 1. The predicted octanol–water partition coefficient (Wildman–Crippen LogP) is 2.53. The van der Waals surface area contributed by atoms with E-state index >= 15 is 0 Å². The minimum absolute atomic E-state index is 0.555. The maximum atomic E-state index is 5.91. The number of hydrogen-bond donors (Lipinski definition) is 1. The summed E-state index contributed by atoms with van der Waals surface area (Å²) in [7, 11) is 0. The minimum atomic E-state index is -0.555. The van der Waals surface area contributed by atoms with E-state index in [1.807, 2.05) is 24.3 Å². The van der Waals surface area contributed by atoms with Gasteiger partial charge in [0, 0.05) is 15.8 Å². The van der Waals surface area contributed by atoms with Gasteiger partial charge in [0.25, 0.3) is 0 Å². The van der Waals surface area contributed by atoms with Crippen LogP contribution in [0.25, 0.3) is 0 Å². The molecular formula is C11H10BrN3OS. The Kier molecular flexibility index (Phi) is 2.94. The number of benzene rings is 1. The van der Waals surface area contributed by atoms with Crippen LogP contribution in [0.4, 0.5) is 0 Å². The Balaban J connectivity index is 2.09. The highest BCUT2D eigenvalue weighted by molar-refractivity contribution is 9.10. The van der Waals surface area contributed by atoms with Crippen LogP contribution in [-0.2, 0) is 9.67 Å². The summed E-state index contributed by atoms with van der Waals surface area (Å²) in [5.74, 6) is 1.63. The molecule has 2 aromatic rings. The summed E-state index contributed by atoms with van der Waals surface area (Å²) in [6.45, 7) is 0.718. The molecule has 1 aromatic carbocycles. The molecule has 2 heterocycles. The van der Waals surface area contributed by atoms with Crippen LogP contribution in [0.2, 0.25) is 0 Å². The normalized spacial score (nSPS) is 24.1. The van der Waals surface area contributed by atoms with Crippen molar-refractivity contribution in [1.29, 1.82) is 0 Å². The van der Waals surface area contributed by atoms with Gasteiger partial charge in [-0.1, -0.05) is 28.1 Å². The van der Waals surface area contributed by atoms with Gasteiger partial charge in [-0.15, -0.1) is 11.8 Å². The van der Waals surface area contributed by atoms with E-state index in [0.717, 1.165) is 22.4 Å². The monoisotopic (exact) mass is 311 g/mol. The van der Waals surface area contributed by atoms with Gasteiger partial charge in [-0.2, -0.15) is 5.10 Å². The zero-order valence-electron chi connectivity index (χ0n) is 8.89. The van der Waals surface area contributed by atoms with E-state index in [1.165, 1.54) is 0 Å². The number of ether oxygens (including phenoxy) is 1. The second-order valence-corrected chi connectivity index (χ2v) is 5.83. The highest BCUT2D eigenvalue weighted by Gasteiger charge is 2.43. The number of rotatable bonds is 2. The Morgan fingerprint density at radius 1 is 1.35 bits per heavy atom. The lowest BCUT2D eigenvalue weighted by Gasteiger charge is -2.24. The number of halogens is 1. The third-order valence-electron chi connectivity index (χ3n) is 2.63. The Hall–Kier alpha value is -0.850. The third kappa shape index (κ3) is 1.90. The molecule has 17 heavy (non-hydrogen) atoms. The molecule has 1 aliphatic heterocycles. The first-order valence-electron chi connectivity index (χ1n) is 5.21. The minimum Gasteiger partial charge on any atom is -0.352 e. The van der Waals surface area contributed by atoms with Crippen LogP contribution in [0.3, 0.4) is 0 Å². The van der Waals surface area contributed by atoms with Crippen molar-refractivity contribution in [1.82, 2.24) is 15.2 Å². The van der Waals surface area contributed by atoms with Crippen LogP contribution < -0.4 is 0 Å². The summed E-state index contributed by atoms with van der Waals surface area (Å²) in [5, 5.41) is 6.92. The van der Waals surface area contributed by atoms with Crippen molar-refractivity contribution < 1.29 is 4.74 Å². The summed E-state index contributed by atoms with van der Waals surface area (Å²) in [5.41, 5.74) is 1.07. The van der Waals surface area contributed by atoms with Gasteiger partial charge in [0.05, 0.1) is 6.61 Å². The summed E-state index contributed by atoms with van der Waals surface area (Å²) >= 11 is 5.16. The van der Waals surface area contributed by atoms with Crippen molar-refractivity contribution in [2.45, 2.75) is 4.93 Å². The topological polar surface area (TPSA) is 50.8 Å². The van der Waals surface area contributed by atoms with E-state index in [9.17, 15) is 0 Å². The molecule has 0 amide bonds. The summed E-state index contributed by atoms with van der Waals surface area (Å²) in [6, 6.07) is 8.09. The molecule has 0 aliphatic carbocycles. The fourth-order valence-corrected chi connectivity index (χ4v) is 3.29. The fraction of sp³-hybridized carbons (Fsp3) is 0.273. The van der Waals surface area contributed by atoms with E-state index in [-0.39, 0.29) is 0 Å². The Morgan fingerprint density at radius 3 is 2.76 bits per heavy atom. The quantitative estimate of drug-likeness (QED) is 0.926. The molecule has 1 aliphatic rings. The number of hydrogen-bond acceptors (Lipinski definition) is 4. The standard InChI is InChI=1S/C11H10BrN3OS/c12-9-3-1-8(2-4-9)11(16-5-6-17-11)10-13-7-14-15-10/h1-4,7H,5-6H2,(H,13,14,15). The molecule has 1 aromatic heterocycles. The molecular weight excluding hydrogens is 302 g/mol. The van der Waals surface area contributed by atoms with Gasteiger partial charge in [0.1, 0.15) is 6.33 Å². The van der Waals surface area contributed by atoms with Crippen molar-refractivity contribution >= 4 is 27.7 Å². The second kappa shape index (κ2) is 4.44. The van der Waals surface area contributed by atoms with Gasteiger partial charge in [0.2, 0.25) is 4.93 Å². The molecule has 1 N–H and O–H groups in total. The van der Waals surface area contributed by atoms with Crippen LogP contribution >= 0.6 is 27.7 Å². The molecule has 88 valence electrons. The highest BCUT2D eigenvalue weighted by Crippen LogP contribution is 2.46. The van der Waals surface area contributed by atoms with Crippen molar-refractivity contribution in [2.75, 3.05) is 12.4 Å². The predicted molar refractivity (Wildman–Crippen MR) is 69.7 cm³/mol. The van der Waals surface area contributed by atoms with Gasteiger partial charge in [-0.3, -0.25) is 5.10 Å². The van der Waals surface area contributed by atoms with Crippen molar-refractivity contribution in [3.05, 3.63) is 46.5 Å². The van der Waals surface area contributed by atoms with E-state index in [4.69, 9.17) is 4.74 Å². The van der Waals surface area contributed by atoms with Crippen molar-refractivity contribution in [3.8, 4) is 0 Å². The number of nitrogens with one attached hydrogen (secondary N) is 1. The Bertz CT molecular complexity index is 494. The molecule has 0 bridgehead atoms. The highest BCUT2D eigenvalue weighted by atomic mass is 79.9. The largest absolute Gasteiger partial charge is 0.352 e. The molecule has 0 saturated carbocycles. The molecule has 3 rings (SSSR count). The van der Waals surface area contributed by atoms with Crippen LogP contribution in [0.5, 0.6) is 0 Å². The average molecular weight is 312 g/mol. The summed E-state index contributed by atoms with van der Waals surface area (Å²) < 4.78 is 6.96. The van der Waals surface area contributed by atoms with Crippen LogP contribution in [0.15, 0.2) is 35.1 Å². The molecule has 1 atom stereocenters. The zero-order chi connectivity index (χ0) is 11.7. The lowest BCUT2D eigenvalue weighted by molar-refractivity contribution is 0.0743. The SMILES string of the molecule is Brc1ccc(C2(c3nc[nH]n3)OCCS2)cc1.